The number of nitrogens with one attached hydrogen (secondary N) is 2. The molecule has 4 amide bonds. The molecule has 11 nitrogen and oxygen atoms in total. The van der Waals surface area contributed by atoms with E-state index >= 15 is 0 Å². The molecule has 2 aromatic heterocycles. The predicted octanol–water partition coefficient (Wildman–Crippen LogP) is 3.53. The number of carbonyl (C=O) groups is 4. The first-order chi connectivity index (χ1) is 21.3. The van der Waals surface area contributed by atoms with Gasteiger partial charge in [-0.3, -0.25) is 39.1 Å². The molecular formula is C33H34N6O5. The molecule has 3 aromatic rings. The Hall–Kier alpha value is -4.38. The molecule has 0 bridgehead atoms. The zero-order valence-electron chi connectivity index (χ0n) is 24.2. The molecule has 5 aliphatic rings. The van der Waals surface area contributed by atoms with Gasteiger partial charge in [-0.05, 0) is 86.6 Å². The Morgan fingerprint density at radius 1 is 0.932 bits per heavy atom. The van der Waals surface area contributed by atoms with Crippen LogP contribution in [-0.2, 0) is 9.59 Å². The van der Waals surface area contributed by atoms with Gasteiger partial charge in [-0.2, -0.15) is 5.10 Å². The van der Waals surface area contributed by atoms with Crippen LogP contribution < -0.4 is 10.6 Å². The van der Waals surface area contributed by atoms with Crippen molar-refractivity contribution in [3.05, 3.63) is 65.1 Å². The summed E-state index contributed by atoms with van der Waals surface area (Å²) in [5, 5.41) is 20.6. The topological polar surface area (TPSA) is 147 Å². The number of hydrogen-bond donors (Lipinski definition) is 3. The standard InChI is InChI=1S/C33H34N6O5/c40-22-12-19(13-22)23-2-1-9-34-30(23)26-16-38(37-29(26)18-3-4-18)21-10-17(11-21)15-35-20-5-6-24-25(14-20)33(44)39(32(24)43)27-7-8-28(41)36-31(27)42/h1-2,5-6,9,14,16-19,21-22,27,35,40H,3-4,7-8,10-13,15H2,(H,36,41,42)/t17-,19-,21-,22-,27?. The van der Waals surface area contributed by atoms with Crippen molar-refractivity contribution in [3.63, 3.8) is 0 Å². The second kappa shape index (κ2) is 10.4. The van der Waals surface area contributed by atoms with Crippen LogP contribution in [0.2, 0.25) is 0 Å². The van der Waals surface area contributed by atoms with Gasteiger partial charge in [0.05, 0.1) is 34.7 Å². The van der Waals surface area contributed by atoms with Crippen LogP contribution in [0.4, 0.5) is 5.69 Å². The fourth-order valence-corrected chi connectivity index (χ4v) is 7.17. The molecule has 0 radical (unpaired) electrons. The summed E-state index contributed by atoms with van der Waals surface area (Å²) in [6.07, 6.45) is 9.90. The number of imide groups is 2. The molecule has 11 heteroatoms. The van der Waals surface area contributed by atoms with Gasteiger partial charge in [-0.15, -0.1) is 0 Å². The monoisotopic (exact) mass is 594 g/mol. The number of amides is 4. The molecule has 226 valence electrons. The highest BCUT2D eigenvalue weighted by molar-refractivity contribution is 6.23. The van der Waals surface area contributed by atoms with E-state index in [2.05, 4.69) is 27.6 Å². The summed E-state index contributed by atoms with van der Waals surface area (Å²) < 4.78 is 2.14. The third kappa shape index (κ3) is 4.61. The number of aliphatic hydroxyl groups excluding tert-OH is 1. The average molecular weight is 595 g/mol. The van der Waals surface area contributed by atoms with E-state index < -0.39 is 29.7 Å². The van der Waals surface area contributed by atoms with Crippen molar-refractivity contribution in [1.82, 2.24) is 25.0 Å². The molecule has 3 saturated carbocycles. The lowest BCUT2D eigenvalue weighted by Crippen LogP contribution is -2.54. The molecular weight excluding hydrogens is 560 g/mol. The smallest absolute Gasteiger partial charge is 0.262 e. The maximum Gasteiger partial charge on any atom is 0.262 e. The highest BCUT2D eigenvalue weighted by Crippen LogP contribution is 2.48. The summed E-state index contributed by atoms with van der Waals surface area (Å²) >= 11 is 0. The van der Waals surface area contributed by atoms with Crippen molar-refractivity contribution in [2.75, 3.05) is 11.9 Å². The Kier molecular flexibility index (Phi) is 6.40. The molecule has 1 atom stereocenters. The minimum Gasteiger partial charge on any atom is -0.393 e. The van der Waals surface area contributed by atoms with E-state index in [0.717, 1.165) is 72.6 Å². The number of benzene rings is 1. The van der Waals surface area contributed by atoms with E-state index in [-0.39, 0.29) is 30.1 Å². The quantitative estimate of drug-likeness (QED) is 0.336. The third-order valence-corrected chi connectivity index (χ3v) is 9.99. The van der Waals surface area contributed by atoms with Crippen LogP contribution in [0.3, 0.4) is 0 Å². The van der Waals surface area contributed by atoms with Crippen molar-refractivity contribution in [1.29, 1.82) is 0 Å². The van der Waals surface area contributed by atoms with Crippen LogP contribution >= 0.6 is 0 Å². The number of rotatable bonds is 8. The van der Waals surface area contributed by atoms with Crippen LogP contribution in [0.5, 0.6) is 0 Å². The van der Waals surface area contributed by atoms with Crippen molar-refractivity contribution in [2.24, 2.45) is 5.92 Å². The molecule has 3 N–H and O–H groups in total. The first kappa shape index (κ1) is 27.2. The van der Waals surface area contributed by atoms with E-state index in [0.29, 0.717) is 23.8 Å². The first-order valence-electron chi connectivity index (χ1n) is 15.7. The summed E-state index contributed by atoms with van der Waals surface area (Å²) in [6.45, 7) is 0.728. The summed E-state index contributed by atoms with van der Waals surface area (Å²) in [5.41, 5.74) is 5.81. The van der Waals surface area contributed by atoms with Gasteiger partial charge in [0.15, 0.2) is 0 Å². The van der Waals surface area contributed by atoms with Gasteiger partial charge in [-0.25, -0.2) is 0 Å². The summed E-state index contributed by atoms with van der Waals surface area (Å²) in [6, 6.07) is 8.58. The van der Waals surface area contributed by atoms with Gasteiger partial charge in [0.2, 0.25) is 11.8 Å². The van der Waals surface area contributed by atoms with Crippen molar-refractivity contribution in [2.45, 2.75) is 81.4 Å². The molecule has 1 aromatic carbocycles. The van der Waals surface area contributed by atoms with Gasteiger partial charge >= 0.3 is 0 Å². The summed E-state index contributed by atoms with van der Waals surface area (Å²) in [4.78, 5) is 55.8. The van der Waals surface area contributed by atoms with E-state index in [1.54, 1.807) is 18.2 Å². The van der Waals surface area contributed by atoms with E-state index in [1.807, 2.05) is 12.3 Å². The Morgan fingerprint density at radius 3 is 2.48 bits per heavy atom. The highest BCUT2D eigenvalue weighted by Gasteiger charge is 2.45. The molecule has 1 saturated heterocycles. The number of fused-ring (bicyclic) bond motifs is 1. The second-order valence-electron chi connectivity index (χ2n) is 13.0. The summed E-state index contributed by atoms with van der Waals surface area (Å²) in [7, 11) is 0. The second-order valence-corrected chi connectivity index (χ2v) is 13.0. The number of nitrogens with zero attached hydrogens (tertiary/aromatic N) is 4. The molecule has 0 spiro atoms. The zero-order valence-corrected chi connectivity index (χ0v) is 24.2. The van der Waals surface area contributed by atoms with E-state index in [4.69, 9.17) is 10.1 Å². The predicted molar refractivity (Wildman–Crippen MR) is 159 cm³/mol. The van der Waals surface area contributed by atoms with Crippen LogP contribution in [-0.4, -0.2) is 67.1 Å². The SMILES string of the molecule is O=C1CCC(N2C(=O)c3ccc(NC[C@H]4C[C@H](n5cc(-c6ncccc6[C@H]6C[C@H](O)C6)c(C6CC6)n5)C4)cc3C2=O)C(=O)N1. The Morgan fingerprint density at radius 2 is 1.73 bits per heavy atom. The van der Waals surface area contributed by atoms with Gasteiger partial charge < -0.3 is 10.4 Å². The number of aliphatic hydroxyl groups is 1. The lowest BCUT2D eigenvalue weighted by Gasteiger charge is -2.35. The lowest BCUT2D eigenvalue weighted by molar-refractivity contribution is -0.136. The maximum atomic E-state index is 13.2. The Labute approximate surface area is 254 Å². The normalized spacial score (nSPS) is 27.9. The van der Waals surface area contributed by atoms with Crippen LogP contribution in [0.1, 0.15) is 101 Å². The molecule has 1 unspecified atom stereocenters. The minimum absolute atomic E-state index is 0.0936. The fraction of sp³-hybridized carbons (Fsp3) is 0.455. The van der Waals surface area contributed by atoms with E-state index in [9.17, 15) is 24.3 Å². The number of aromatic nitrogens is 3. The molecule has 4 heterocycles. The zero-order chi connectivity index (χ0) is 30.1. The number of hydrogen-bond acceptors (Lipinski definition) is 8. The average Bonchev–Trinajstić information content (AvgIpc) is 3.69. The van der Waals surface area contributed by atoms with E-state index in [1.165, 1.54) is 5.56 Å². The summed E-state index contributed by atoms with van der Waals surface area (Å²) in [5.74, 6) is -0.734. The van der Waals surface area contributed by atoms with Crippen molar-refractivity contribution in [3.8, 4) is 11.3 Å². The van der Waals surface area contributed by atoms with Crippen LogP contribution in [0, 0.1) is 5.92 Å². The Bertz CT molecular complexity index is 1700. The third-order valence-electron chi connectivity index (χ3n) is 9.99. The van der Waals surface area contributed by atoms with Gasteiger partial charge in [0, 0.05) is 42.5 Å². The minimum atomic E-state index is -0.970. The van der Waals surface area contributed by atoms with Crippen LogP contribution in [0.15, 0.2) is 42.7 Å². The van der Waals surface area contributed by atoms with Crippen LogP contribution in [0.25, 0.3) is 11.3 Å². The Balaban J connectivity index is 0.921. The number of piperidine rings is 1. The number of carbonyl (C=O) groups excluding carboxylic acids is 4. The number of pyridine rings is 1. The first-order valence-corrected chi connectivity index (χ1v) is 15.7. The van der Waals surface area contributed by atoms with Gasteiger partial charge in [-0.1, -0.05) is 6.07 Å². The molecule has 4 fully saturated rings. The highest BCUT2D eigenvalue weighted by atomic mass is 16.3. The molecule has 3 aliphatic carbocycles. The molecule has 8 rings (SSSR count). The maximum absolute atomic E-state index is 13.2. The fourth-order valence-electron chi connectivity index (χ4n) is 7.17. The van der Waals surface area contributed by atoms with Gasteiger partial charge in [0.25, 0.3) is 11.8 Å². The van der Waals surface area contributed by atoms with Crippen molar-refractivity contribution >= 4 is 29.3 Å². The molecule has 44 heavy (non-hydrogen) atoms. The van der Waals surface area contributed by atoms with Gasteiger partial charge in [0.1, 0.15) is 6.04 Å². The largest absolute Gasteiger partial charge is 0.393 e. The lowest BCUT2D eigenvalue weighted by atomic mass is 9.76. The van der Waals surface area contributed by atoms with Crippen molar-refractivity contribution < 1.29 is 24.3 Å². The number of anilines is 1. The molecule has 2 aliphatic heterocycles.